The maximum atomic E-state index is 5.91. The number of rotatable bonds is 4. The average Bonchev–Trinajstić information content (AvgIpc) is 3.47. The highest BCUT2D eigenvalue weighted by Gasteiger charge is 2.08. The van der Waals surface area contributed by atoms with E-state index >= 15 is 0 Å². The summed E-state index contributed by atoms with van der Waals surface area (Å²) < 4.78 is 7.13. The topological polar surface area (TPSA) is 38.9 Å². The van der Waals surface area contributed by atoms with Crippen LogP contribution < -0.4 is 0 Å². The summed E-state index contributed by atoms with van der Waals surface area (Å²) in [5.74, 6) is 0.650. The Morgan fingerprint density at radius 1 is 0.697 bits per heavy atom. The molecule has 0 N–H and O–H groups in total. The Balaban J connectivity index is 1.19. The fourth-order valence-electron chi connectivity index (χ4n) is 3.82. The van der Waals surface area contributed by atoms with Crippen LogP contribution in [0.4, 0.5) is 0 Å². The fourth-order valence-corrected chi connectivity index (χ4v) is 4.79. The number of aromatic nitrogens is 2. The van der Waals surface area contributed by atoms with Gasteiger partial charge in [0.1, 0.15) is 10.5 Å². The zero-order valence-corrected chi connectivity index (χ0v) is 18.8. The van der Waals surface area contributed by atoms with Crippen molar-refractivity contribution >= 4 is 44.8 Å². The van der Waals surface area contributed by atoms with Gasteiger partial charge in [-0.3, -0.25) is 0 Å². The van der Waals surface area contributed by atoms with E-state index in [-0.39, 0.29) is 0 Å². The van der Waals surface area contributed by atoms with Crippen molar-refractivity contribution in [1.29, 1.82) is 0 Å². The van der Waals surface area contributed by atoms with Crippen LogP contribution in [0.5, 0.6) is 0 Å². The Hall–Kier alpha value is -4.02. The van der Waals surface area contributed by atoms with Crippen LogP contribution in [-0.4, -0.2) is 9.97 Å². The summed E-state index contributed by atoms with van der Waals surface area (Å²) in [6.07, 6.45) is 4.24. The van der Waals surface area contributed by atoms with Crippen molar-refractivity contribution in [3.05, 3.63) is 108 Å². The first-order chi connectivity index (χ1) is 16.2. The second-order valence-electron chi connectivity index (χ2n) is 8.05. The molecular weight excluding hydrogens is 424 g/mol. The average molecular weight is 445 g/mol. The van der Waals surface area contributed by atoms with Gasteiger partial charge in [0.25, 0.3) is 0 Å². The molecule has 4 aromatic carbocycles. The van der Waals surface area contributed by atoms with Gasteiger partial charge < -0.3 is 4.42 Å². The highest BCUT2D eigenvalue weighted by atomic mass is 32.1. The number of para-hydroxylation sites is 1. The van der Waals surface area contributed by atoms with Crippen molar-refractivity contribution in [2.45, 2.75) is 6.92 Å². The standard InChI is InChI=1S/C29H20N2OS/c1-19-6-17-26-25(18-19)30-28(32-26)22-13-9-20(10-14-22)7-8-21-11-15-23(16-12-21)29-31-24-4-2-3-5-27(24)33-29/h2-18H,1H3. The predicted octanol–water partition coefficient (Wildman–Crippen LogP) is 8.25. The smallest absolute Gasteiger partial charge is 0.227 e. The number of hydrogen-bond acceptors (Lipinski definition) is 4. The molecule has 0 atom stereocenters. The molecule has 6 aromatic rings. The molecule has 0 saturated carbocycles. The Labute approximate surface area is 195 Å². The lowest BCUT2D eigenvalue weighted by molar-refractivity contribution is 0.620. The van der Waals surface area contributed by atoms with E-state index in [0.717, 1.165) is 43.9 Å². The first kappa shape index (κ1) is 19.6. The minimum Gasteiger partial charge on any atom is -0.436 e. The molecule has 0 aliphatic carbocycles. The summed E-state index contributed by atoms with van der Waals surface area (Å²) in [6.45, 7) is 2.06. The summed E-state index contributed by atoms with van der Waals surface area (Å²) in [5.41, 5.74) is 8.33. The van der Waals surface area contributed by atoms with E-state index < -0.39 is 0 Å². The Morgan fingerprint density at radius 3 is 2.12 bits per heavy atom. The Kier molecular flexibility index (Phi) is 4.85. The normalized spacial score (nSPS) is 11.7. The highest BCUT2D eigenvalue weighted by molar-refractivity contribution is 7.21. The third kappa shape index (κ3) is 3.97. The van der Waals surface area contributed by atoms with Gasteiger partial charge in [-0.1, -0.05) is 66.7 Å². The van der Waals surface area contributed by atoms with Crippen LogP contribution in [0, 0.1) is 6.92 Å². The molecular formula is C29H20N2OS. The first-order valence-corrected chi connectivity index (χ1v) is 11.6. The summed E-state index contributed by atoms with van der Waals surface area (Å²) in [6, 6.07) is 31.1. The molecule has 0 aliphatic rings. The van der Waals surface area contributed by atoms with Gasteiger partial charge in [-0.15, -0.1) is 11.3 Å². The molecule has 158 valence electrons. The number of fused-ring (bicyclic) bond motifs is 2. The Morgan fingerprint density at radius 2 is 1.39 bits per heavy atom. The highest BCUT2D eigenvalue weighted by Crippen LogP contribution is 2.30. The number of oxazole rings is 1. The molecule has 0 amide bonds. The first-order valence-electron chi connectivity index (χ1n) is 10.8. The summed E-state index contributed by atoms with van der Waals surface area (Å²) in [5, 5.41) is 1.05. The van der Waals surface area contributed by atoms with E-state index in [2.05, 4.69) is 78.7 Å². The minimum atomic E-state index is 0.650. The third-order valence-corrected chi connectivity index (χ3v) is 6.71. The van der Waals surface area contributed by atoms with Crippen molar-refractivity contribution in [2.24, 2.45) is 0 Å². The fraction of sp³-hybridized carbons (Fsp3) is 0.0345. The van der Waals surface area contributed by atoms with E-state index in [0.29, 0.717) is 5.89 Å². The molecule has 2 heterocycles. The maximum Gasteiger partial charge on any atom is 0.227 e. The van der Waals surface area contributed by atoms with Crippen LogP contribution in [0.15, 0.2) is 95.4 Å². The predicted molar refractivity (Wildman–Crippen MR) is 138 cm³/mol. The molecule has 0 unspecified atom stereocenters. The SMILES string of the molecule is Cc1ccc2oc(-c3ccc(C=Cc4ccc(-c5nc6ccccc6s5)cc4)cc3)nc2c1. The molecule has 6 rings (SSSR count). The van der Waals surface area contributed by atoms with Crippen LogP contribution >= 0.6 is 11.3 Å². The summed E-state index contributed by atoms with van der Waals surface area (Å²) in [4.78, 5) is 9.37. The van der Waals surface area contributed by atoms with Crippen molar-refractivity contribution in [3.8, 4) is 22.0 Å². The third-order valence-electron chi connectivity index (χ3n) is 5.62. The zero-order chi connectivity index (χ0) is 22.2. The second-order valence-corrected chi connectivity index (χ2v) is 9.08. The number of benzene rings is 4. The van der Waals surface area contributed by atoms with Crippen LogP contribution in [0.1, 0.15) is 16.7 Å². The number of aryl methyl sites for hydroxylation is 1. The van der Waals surface area contributed by atoms with Crippen molar-refractivity contribution in [1.82, 2.24) is 9.97 Å². The van der Waals surface area contributed by atoms with Crippen molar-refractivity contribution in [2.75, 3.05) is 0 Å². The lowest BCUT2D eigenvalue weighted by atomic mass is 10.1. The minimum absolute atomic E-state index is 0.650. The molecule has 0 radical (unpaired) electrons. The van der Waals surface area contributed by atoms with Crippen LogP contribution in [0.3, 0.4) is 0 Å². The molecule has 0 aliphatic heterocycles. The molecule has 0 spiro atoms. The van der Waals surface area contributed by atoms with E-state index in [1.54, 1.807) is 11.3 Å². The van der Waals surface area contributed by atoms with Crippen molar-refractivity contribution < 1.29 is 4.42 Å². The molecule has 0 fully saturated rings. The molecule has 0 saturated heterocycles. The summed E-state index contributed by atoms with van der Waals surface area (Å²) >= 11 is 1.73. The largest absolute Gasteiger partial charge is 0.436 e. The zero-order valence-electron chi connectivity index (χ0n) is 18.0. The monoisotopic (exact) mass is 444 g/mol. The van der Waals surface area contributed by atoms with Crippen LogP contribution in [0.25, 0.3) is 55.5 Å². The Bertz CT molecular complexity index is 1570. The molecule has 0 bridgehead atoms. The van der Waals surface area contributed by atoms with Gasteiger partial charge in [0.2, 0.25) is 5.89 Å². The lowest BCUT2D eigenvalue weighted by Crippen LogP contribution is -1.79. The van der Waals surface area contributed by atoms with Gasteiger partial charge >= 0.3 is 0 Å². The van der Waals surface area contributed by atoms with Gasteiger partial charge in [-0.05, 0) is 60.0 Å². The number of nitrogens with zero attached hydrogens (tertiary/aromatic N) is 2. The molecule has 3 nitrogen and oxygen atoms in total. The van der Waals surface area contributed by atoms with Gasteiger partial charge in [-0.2, -0.15) is 0 Å². The lowest BCUT2D eigenvalue weighted by Gasteiger charge is -1.99. The van der Waals surface area contributed by atoms with Gasteiger partial charge in [0.15, 0.2) is 5.58 Å². The van der Waals surface area contributed by atoms with E-state index in [4.69, 9.17) is 9.40 Å². The maximum absolute atomic E-state index is 5.91. The second kappa shape index (κ2) is 8.15. The number of thiazole rings is 1. The number of hydrogen-bond donors (Lipinski definition) is 0. The van der Waals surface area contributed by atoms with Gasteiger partial charge in [-0.25, -0.2) is 9.97 Å². The van der Waals surface area contributed by atoms with Crippen molar-refractivity contribution in [3.63, 3.8) is 0 Å². The molecule has 2 aromatic heterocycles. The van der Waals surface area contributed by atoms with E-state index in [9.17, 15) is 0 Å². The summed E-state index contributed by atoms with van der Waals surface area (Å²) in [7, 11) is 0. The molecule has 33 heavy (non-hydrogen) atoms. The quantitative estimate of drug-likeness (QED) is 0.257. The van der Waals surface area contributed by atoms with Crippen LogP contribution in [0.2, 0.25) is 0 Å². The van der Waals surface area contributed by atoms with E-state index in [1.165, 1.54) is 10.3 Å². The molecule has 4 heteroatoms. The van der Waals surface area contributed by atoms with Crippen LogP contribution in [-0.2, 0) is 0 Å². The van der Waals surface area contributed by atoms with E-state index in [1.807, 2.05) is 36.4 Å². The van der Waals surface area contributed by atoms with Gasteiger partial charge in [0.05, 0.1) is 10.2 Å². The van der Waals surface area contributed by atoms with Gasteiger partial charge in [0, 0.05) is 11.1 Å².